The van der Waals surface area contributed by atoms with Crippen molar-refractivity contribution in [3.8, 4) is 5.75 Å². The first-order chi connectivity index (χ1) is 9.26. The molecule has 0 aliphatic heterocycles. The Hall–Kier alpha value is -2.07. The second-order valence-electron chi connectivity index (χ2n) is 4.29. The molecule has 0 aliphatic carbocycles. The summed E-state index contributed by atoms with van der Waals surface area (Å²) in [6.07, 6.45) is 3.71. The molecule has 0 saturated carbocycles. The Kier molecular flexibility index (Phi) is 4.36. The van der Waals surface area contributed by atoms with E-state index in [0.29, 0.717) is 0 Å². The molecule has 1 aromatic carbocycles. The third-order valence-electron chi connectivity index (χ3n) is 3.07. The fourth-order valence-corrected chi connectivity index (χ4v) is 2.02. The maximum atomic E-state index is 5.18. The third-order valence-corrected chi connectivity index (χ3v) is 3.07. The molecule has 100 valence electrons. The Bertz CT molecular complexity index is 525. The van der Waals surface area contributed by atoms with Crippen molar-refractivity contribution in [2.75, 3.05) is 26.1 Å². The summed E-state index contributed by atoms with van der Waals surface area (Å²) >= 11 is 0. The van der Waals surface area contributed by atoms with Crippen LogP contribution < -0.4 is 15.0 Å². The molecule has 0 atom stereocenters. The zero-order valence-corrected chi connectivity index (χ0v) is 11.6. The normalized spacial score (nSPS) is 10.3. The molecule has 4 heteroatoms. The lowest BCUT2D eigenvalue weighted by Gasteiger charge is -2.22. The Morgan fingerprint density at radius 3 is 2.58 bits per heavy atom. The molecule has 0 saturated heterocycles. The number of nitrogens with one attached hydrogen (secondary N) is 1. The van der Waals surface area contributed by atoms with E-state index in [2.05, 4.69) is 22.2 Å². The van der Waals surface area contributed by atoms with Gasteiger partial charge in [0.2, 0.25) is 0 Å². The smallest absolute Gasteiger partial charge is 0.119 e. The van der Waals surface area contributed by atoms with Crippen molar-refractivity contribution in [2.45, 2.75) is 6.54 Å². The largest absolute Gasteiger partial charge is 0.497 e. The summed E-state index contributed by atoms with van der Waals surface area (Å²) < 4.78 is 5.18. The maximum absolute atomic E-state index is 5.18. The molecule has 2 rings (SSSR count). The molecule has 0 amide bonds. The van der Waals surface area contributed by atoms with Gasteiger partial charge in [-0.1, -0.05) is 0 Å². The van der Waals surface area contributed by atoms with Crippen LogP contribution in [-0.4, -0.2) is 26.2 Å². The highest BCUT2D eigenvalue weighted by Crippen LogP contribution is 2.27. The van der Waals surface area contributed by atoms with E-state index >= 15 is 0 Å². The predicted octanol–water partition coefficient (Wildman–Crippen LogP) is 2.58. The first kappa shape index (κ1) is 13.4. The second-order valence-corrected chi connectivity index (χ2v) is 4.29. The number of methoxy groups -OCH3 is 1. The number of hydrogen-bond donors (Lipinski definition) is 1. The Morgan fingerprint density at radius 1 is 1.21 bits per heavy atom. The molecule has 2 aromatic rings. The fourth-order valence-electron chi connectivity index (χ4n) is 2.02. The minimum atomic E-state index is 0.795. The molecular formula is C15H19N3O. The molecule has 1 aromatic heterocycles. The zero-order chi connectivity index (χ0) is 13.7. The Morgan fingerprint density at radius 2 is 1.95 bits per heavy atom. The van der Waals surface area contributed by atoms with Gasteiger partial charge in [-0.25, -0.2) is 0 Å². The molecule has 0 aliphatic rings. The van der Waals surface area contributed by atoms with Gasteiger partial charge in [0.05, 0.1) is 7.11 Å². The van der Waals surface area contributed by atoms with Crippen LogP contribution in [-0.2, 0) is 6.54 Å². The van der Waals surface area contributed by atoms with Gasteiger partial charge in [0.25, 0.3) is 0 Å². The molecule has 0 spiro atoms. The number of pyridine rings is 1. The molecule has 0 bridgehead atoms. The Labute approximate surface area is 114 Å². The minimum Gasteiger partial charge on any atom is -0.497 e. The average molecular weight is 257 g/mol. The summed E-state index contributed by atoms with van der Waals surface area (Å²) in [7, 11) is 5.66. The van der Waals surface area contributed by atoms with E-state index in [4.69, 9.17) is 4.74 Å². The van der Waals surface area contributed by atoms with E-state index in [1.807, 2.05) is 49.8 Å². The lowest BCUT2D eigenvalue weighted by Crippen LogP contribution is -2.15. The fraction of sp³-hybridized carbons (Fsp3) is 0.267. The van der Waals surface area contributed by atoms with Crippen molar-refractivity contribution >= 4 is 11.4 Å². The summed E-state index contributed by atoms with van der Waals surface area (Å²) in [5.74, 6) is 0.863. The van der Waals surface area contributed by atoms with Gasteiger partial charge in [-0.05, 0) is 37.4 Å². The number of anilines is 2. The number of nitrogens with zero attached hydrogens (tertiary/aromatic N) is 2. The quantitative estimate of drug-likeness (QED) is 0.893. The van der Waals surface area contributed by atoms with Crippen molar-refractivity contribution in [3.63, 3.8) is 0 Å². The van der Waals surface area contributed by atoms with Crippen LogP contribution in [0.1, 0.15) is 5.56 Å². The number of benzene rings is 1. The molecule has 4 nitrogen and oxygen atoms in total. The lowest BCUT2D eigenvalue weighted by molar-refractivity contribution is 0.415. The number of ether oxygens (including phenoxy) is 1. The van der Waals surface area contributed by atoms with Crippen LogP contribution in [0.3, 0.4) is 0 Å². The average Bonchev–Trinajstić information content (AvgIpc) is 2.47. The van der Waals surface area contributed by atoms with E-state index in [-0.39, 0.29) is 0 Å². The molecule has 0 unspecified atom stereocenters. The van der Waals surface area contributed by atoms with Crippen molar-refractivity contribution in [3.05, 3.63) is 48.3 Å². The van der Waals surface area contributed by atoms with Crippen LogP contribution in [0.4, 0.5) is 11.4 Å². The van der Waals surface area contributed by atoms with Gasteiger partial charge in [0, 0.05) is 42.9 Å². The molecule has 19 heavy (non-hydrogen) atoms. The van der Waals surface area contributed by atoms with E-state index in [1.54, 1.807) is 7.11 Å². The SMILES string of the molecule is CNCc1cnccc1N(C)c1ccc(OC)cc1. The highest BCUT2D eigenvalue weighted by atomic mass is 16.5. The van der Waals surface area contributed by atoms with Gasteiger partial charge in [0.15, 0.2) is 0 Å². The van der Waals surface area contributed by atoms with Crippen LogP contribution in [0.2, 0.25) is 0 Å². The van der Waals surface area contributed by atoms with Gasteiger partial charge >= 0.3 is 0 Å². The van der Waals surface area contributed by atoms with Crippen molar-refractivity contribution in [2.24, 2.45) is 0 Å². The van der Waals surface area contributed by atoms with Crippen LogP contribution in [0.5, 0.6) is 5.75 Å². The van der Waals surface area contributed by atoms with Crippen LogP contribution in [0, 0.1) is 0 Å². The minimum absolute atomic E-state index is 0.795. The summed E-state index contributed by atoms with van der Waals surface area (Å²) in [6.45, 7) is 0.795. The molecular weight excluding hydrogens is 238 g/mol. The third kappa shape index (κ3) is 3.03. The number of hydrogen-bond acceptors (Lipinski definition) is 4. The second kappa shape index (κ2) is 6.20. The summed E-state index contributed by atoms with van der Waals surface area (Å²) in [5, 5.41) is 3.16. The maximum Gasteiger partial charge on any atom is 0.119 e. The standard InChI is InChI=1S/C15H19N3O/c1-16-10-12-11-17-9-8-15(12)18(2)13-4-6-14(19-3)7-5-13/h4-9,11,16H,10H2,1-3H3. The molecule has 1 heterocycles. The van der Waals surface area contributed by atoms with Gasteiger partial charge in [0.1, 0.15) is 5.75 Å². The summed E-state index contributed by atoms with van der Waals surface area (Å²) in [4.78, 5) is 6.33. The van der Waals surface area contributed by atoms with Gasteiger partial charge in [-0.15, -0.1) is 0 Å². The lowest BCUT2D eigenvalue weighted by atomic mass is 10.2. The number of aromatic nitrogens is 1. The highest BCUT2D eigenvalue weighted by molar-refractivity contribution is 5.65. The molecule has 0 fully saturated rings. The van der Waals surface area contributed by atoms with Crippen molar-refractivity contribution in [1.29, 1.82) is 0 Å². The van der Waals surface area contributed by atoms with Crippen molar-refractivity contribution < 1.29 is 4.74 Å². The zero-order valence-electron chi connectivity index (χ0n) is 11.6. The van der Waals surface area contributed by atoms with Gasteiger partial charge < -0.3 is 15.0 Å². The molecule has 0 radical (unpaired) electrons. The summed E-state index contributed by atoms with van der Waals surface area (Å²) in [6, 6.07) is 10.0. The highest BCUT2D eigenvalue weighted by Gasteiger charge is 2.08. The van der Waals surface area contributed by atoms with E-state index in [9.17, 15) is 0 Å². The van der Waals surface area contributed by atoms with E-state index < -0.39 is 0 Å². The summed E-state index contributed by atoms with van der Waals surface area (Å²) in [5.41, 5.74) is 3.43. The van der Waals surface area contributed by atoms with Crippen molar-refractivity contribution in [1.82, 2.24) is 10.3 Å². The monoisotopic (exact) mass is 257 g/mol. The van der Waals surface area contributed by atoms with Crippen LogP contribution in [0.25, 0.3) is 0 Å². The first-order valence-electron chi connectivity index (χ1n) is 6.21. The van der Waals surface area contributed by atoms with E-state index in [0.717, 1.165) is 23.7 Å². The van der Waals surface area contributed by atoms with E-state index in [1.165, 1.54) is 5.56 Å². The molecule has 1 N–H and O–H groups in total. The van der Waals surface area contributed by atoms with Crippen LogP contribution in [0.15, 0.2) is 42.7 Å². The van der Waals surface area contributed by atoms with Gasteiger partial charge in [-0.2, -0.15) is 0 Å². The first-order valence-corrected chi connectivity index (χ1v) is 6.21. The van der Waals surface area contributed by atoms with Crippen LogP contribution >= 0.6 is 0 Å². The topological polar surface area (TPSA) is 37.4 Å². The van der Waals surface area contributed by atoms with Gasteiger partial charge in [-0.3, -0.25) is 4.98 Å². The Balaban J connectivity index is 2.29. The predicted molar refractivity (Wildman–Crippen MR) is 78.1 cm³/mol. The number of rotatable bonds is 5.